The van der Waals surface area contributed by atoms with Crippen LogP contribution in [0.15, 0.2) is 12.1 Å². The lowest BCUT2D eigenvalue weighted by atomic mass is 10.2. The van der Waals surface area contributed by atoms with E-state index in [4.69, 9.17) is 5.73 Å². The molecule has 0 aromatic heterocycles. The van der Waals surface area contributed by atoms with Crippen molar-refractivity contribution >= 4 is 17.3 Å². The molecule has 0 unspecified atom stereocenters. The summed E-state index contributed by atoms with van der Waals surface area (Å²) in [6.45, 7) is 1.22. The predicted molar refractivity (Wildman–Crippen MR) is 60.6 cm³/mol. The molecule has 2 N–H and O–H groups in total. The zero-order valence-electron chi connectivity index (χ0n) is 9.41. The highest BCUT2D eigenvalue weighted by Gasteiger charge is 2.23. The Morgan fingerprint density at radius 3 is 2.53 bits per heavy atom. The first-order chi connectivity index (χ1) is 7.99. The van der Waals surface area contributed by atoms with Crippen molar-refractivity contribution in [1.29, 1.82) is 0 Å². The molecule has 2 rings (SSSR count). The van der Waals surface area contributed by atoms with Gasteiger partial charge in [-0.25, -0.2) is 8.78 Å². The van der Waals surface area contributed by atoms with E-state index in [0.717, 1.165) is 12.1 Å². The quantitative estimate of drug-likeness (QED) is 0.741. The van der Waals surface area contributed by atoms with Crippen molar-refractivity contribution in [2.45, 2.75) is 0 Å². The number of hydrogen-bond acceptors (Lipinski definition) is 3. The maximum absolute atomic E-state index is 13.1. The Kier molecular flexibility index (Phi) is 2.87. The minimum absolute atomic E-state index is 0.0691. The number of carbonyl (C=O) groups excluding carboxylic acids is 1. The Morgan fingerprint density at radius 1 is 1.24 bits per heavy atom. The Bertz CT molecular complexity index is 464. The Morgan fingerprint density at radius 2 is 1.88 bits per heavy atom. The number of halogens is 2. The second-order valence-corrected chi connectivity index (χ2v) is 4.06. The van der Waals surface area contributed by atoms with E-state index >= 15 is 0 Å². The summed E-state index contributed by atoms with van der Waals surface area (Å²) in [5.41, 5.74) is 6.13. The maximum atomic E-state index is 13.1. The fourth-order valence-corrected chi connectivity index (χ4v) is 1.79. The van der Waals surface area contributed by atoms with Crippen LogP contribution in [0.5, 0.6) is 0 Å². The lowest BCUT2D eigenvalue weighted by molar-refractivity contribution is -0.129. The van der Waals surface area contributed by atoms with E-state index in [2.05, 4.69) is 0 Å². The molecule has 1 saturated heterocycles. The molecular weight excluding hydrogens is 228 g/mol. The molecule has 1 aromatic rings. The normalized spacial score (nSPS) is 16.5. The predicted octanol–water partition coefficient (Wildman–Crippen LogP) is 0.825. The van der Waals surface area contributed by atoms with Crippen LogP contribution in [0.4, 0.5) is 20.2 Å². The van der Waals surface area contributed by atoms with Gasteiger partial charge in [0.25, 0.3) is 0 Å². The highest BCUT2D eigenvalue weighted by Crippen LogP contribution is 2.27. The van der Waals surface area contributed by atoms with E-state index in [9.17, 15) is 13.6 Å². The monoisotopic (exact) mass is 241 g/mol. The summed E-state index contributed by atoms with van der Waals surface area (Å²) < 4.78 is 26.1. The smallest absolute Gasteiger partial charge is 0.241 e. The van der Waals surface area contributed by atoms with Gasteiger partial charge in [0.1, 0.15) is 0 Å². The van der Waals surface area contributed by atoms with E-state index in [1.54, 1.807) is 16.8 Å². The minimum atomic E-state index is -0.980. The summed E-state index contributed by atoms with van der Waals surface area (Å²) in [7, 11) is 1.70. The number of nitrogen functional groups attached to an aromatic ring is 1. The Hall–Kier alpha value is -1.85. The molecular formula is C11H13F2N3O. The molecule has 1 aliphatic heterocycles. The summed E-state index contributed by atoms with van der Waals surface area (Å²) in [5, 5.41) is 0. The molecule has 1 fully saturated rings. The molecule has 4 nitrogen and oxygen atoms in total. The summed E-state index contributed by atoms with van der Waals surface area (Å²) in [5.74, 6) is -2.01. The summed E-state index contributed by atoms with van der Waals surface area (Å²) in [4.78, 5) is 14.8. The van der Waals surface area contributed by atoms with E-state index in [1.165, 1.54) is 0 Å². The highest BCUT2D eigenvalue weighted by atomic mass is 19.2. The molecule has 0 radical (unpaired) electrons. The van der Waals surface area contributed by atoms with Crippen molar-refractivity contribution in [3.05, 3.63) is 23.8 Å². The molecule has 1 heterocycles. The van der Waals surface area contributed by atoms with Crippen molar-refractivity contribution in [2.75, 3.05) is 37.3 Å². The van der Waals surface area contributed by atoms with Gasteiger partial charge in [0.05, 0.1) is 17.9 Å². The van der Waals surface area contributed by atoms with Crippen molar-refractivity contribution in [3.63, 3.8) is 0 Å². The fourth-order valence-electron chi connectivity index (χ4n) is 1.79. The van der Waals surface area contributed by atoms with Crippen molar-refractivity contribution < 1.29 is 13.6 Å². The van der Waals surface area contributed by atoms with Crippen LogP contribution in [-0.4, -0.2) is 37.5 Å². The van der Waals surface area contributed by atoms with Crippen LogP contribution in [-0.2, 0) is 4.79 Å². The number of carbonyl (C=O) groups is 1. The molecule has 0 spiro atoms. The fraction of sp³-hybridized carbons (Fsp3) is 0.364. The van der Waals surface area contributed by atoms with Gasteiger partial charge in [-0.3, -0.25) is 4.79 Å². The van der Waals surface area contributed by atoms with Crippen LogP contribution in [0.2, 0.25) is 0 Å². The van der Waals surface area contributed by atoms with E-state index in [0.29, 0.717) is 18.8 Å². The van der Waals surface area contributed by atoms with E-state index in [-0.39, 0.29) is 18.1 Å². The van der Waals surface area contributed by atoms with Crippen LogP contribution in [0, 0.1) is 11.6 Å². The van der Waals surface area contributed by atoms with Gasteiger partial charge < -0.3 is 15.5 Å². The van der Waals surface area contributed by atoms with Crippen LogP contribution in [0.25, 0.3) is 0 Å². The van der Waals surface area contributed by atoms with Gasteiger partial charge in [0, 0.05) is 32.3 Å². The second kappa shape index (κ2) is 4.20. The Balaban J connectivity index is 2.29. The standard InChI is InChI=1S/C11H13F2N3O/c1-15-2-3-16(6-11(15)17)10-5-8(13)7(12)4-9(10)14/h4-5H,2-3,6,14H2,1H3. The highest BCUT2D eigenvalue weighted by molar-refractivity contribution is 5.84. The average molecular weight is 241 g/mol. The number of amides is 1. The van der Waals surface area contributed by atoms with Crippen molar-refractivity contribution in [3.8, 4) is 0 Å². The van der Waals surface area contributed by atoms with Gasteiger partial charge in [-0.2, -0.15) is 0 Å². The molecule has 0 atom stereocenters. The Labute approximate surface area is 97.6 Å². The first kappa shape index (κ1) is 11.6. The first-order valence-electron chi connectivity index (χ1n) is 5.22. The molecule has 1 aliphatic rings. The molecule has 0 bridgehead atoms. The number of benzene rings is 1. The molecule has 0 aliphatic carbocycles. The maximum Gasteiger partial charge on any atom is 0.241 e. The van der Waals surface area contributed by atoms with E-state index < -0.39 is 11.6 Å². The minimum Gasteiger partial charge on any atom is -0.397 e. The van der Waals surface area contributed by atoms with E-state index in [1.807, 2.05) is 0 Å². The van der Waals surface area contributed by atoms with Crippen LogP contribution in [0.3, 0.4) is 0 Å². The zero-order valence-corrected chi connectivity index (χ0v) is 9.41. The number of likely N-dealkylation sites (N-methyl/N-ethyl adjacent to an activating group) is 1. The van der Waals surface area contributed by atoms with Gasteiger partial charge in [-0.1, -0.05) is 0 Å². The number of rotatable bonds is 1. The SMILES string of the molecule is CN1CCN(c2cc(F)c(F)cc2N)CC1=O. The lowest BCUT2D eigenvalue weighted by Gasteiger charge is -2.34. The molecule has 17 heavy (non-hydrogen) atoms. The topological polar surface area (TPSA) is 49.6 Å². The number of anilines is 2. The molecule has 1 amide bonds. The van der Waals surface area contributed by atoms with Crippen LogP contribution in [0.1, 0.15) is 0 Å². The number of piperazine rings is 1. The third-order valence-corrected chi connectivity index (χ3v) is 2.87. The third-order valence-electron chi connectivity index (χ3n) is 2.87. The first-order valence-corrected chi connectivity index (χ1v) is 5.22. The average Bonchev–Trinajstić information content (AvgIpc) is 2.27. The zero-order chi connectivity index (χ0) is 12.6. The molecule has 0 saturated carbocycles. The summed E-state index contributed by atoms with van der Waals surface area (Å²) in [6, 6.07) is 1.97. The van der Waals surface area contributed by atoms with Gasteiger partial charge in [-0.15, -0.1) is 0 Å². The number of nitrogens with zero attached hydrogens (tertiary/aromatic N) is 2. The van der Waals surface area contributed by atoms with Gasteiger partial charge >= 0.3 is 0 Å². The van der Waals surface area contributed by atoms with Gasteiger partial charge in [-0.05, 0) is 0 Å². The van der Waals surface area contributed by atoms with Gasteiger partial charge in [0.15, 0.2) is 11.6 Å². The van der Waals surface area contributed by atoms with Crippen LogP contribution >= 0.6 is 0 Å². The summed E-state index contributed by atoms with van der Waals surface area (Å²) >= 11 is 0. The molecule has 1 aromatic carbocycles. The number of nitrogens with two attached hydrogens (primary N) is 1. The van der Waals surface area contributed by atoms with Crippen LogP contribution < -0.4 is 10.6 Å². The molecule has 92 valence electrons. The molecule has 6 heteroatoms. The van der Waals surface area contributed by atoms with Crippen molar-refractivity contribution in [1.82, 2.24) is 4.90 Å². The largest absolute Gasteiger partial charge is 0.397 e. The number of hydrogen-bond donors (Lipinski definition) is 1. The summed E-state index contributed by atoms with van der Waals surface area (Å²) in [6.07, 6.45) is 0. The third kappa shape index (κ3) is 2.15. The van der Waals surface area contributed by atoms with Crippen molar-refractivity contribution in [2.24, 2.45) is 0 Å². The second-order valence-electron chi connectivity index (χ2n) is 4.06. The lowest BCUT2D eigenvalue weighted by Crippen LogP contribution is -2.48. The van der Waals surface area contributed by atoms with Gasteiger partial charge in [0.2, 0.25) is 5.91 Å².